The minimum Gasteiger partial charge on any atom is -0.494 e. The molecule has 0 unspecified atom stereocenters. The van der Waals surface area contributed by atoms with Crippen LogP contribution in [0.3, 0.4) is 0 Å². The molecule has 3 rings (SSSR count). The van der Waals surface area contributed by atoms with Crippen molar-refractivity contribution in [3.8, 4) is 5.75 Å². The van der Waals surface area contributed by atoms with Crippen molar-refractivity contribution in [1.29, 1.82) is 0 Å². The van der Waals surface area contributed by atoms with E-state index in [0.717, 1.165) is 11.4 Å². The fourth-order valence-electron chi connectivity index (χ4n) is 3.04. The third-order valence-electron chi connectivity index (χ3n) is 4.40. The summed E-state index contributed by atoms with van der Waals surface area (Å²) in [6, 6.07) is 16.1. The first-order valence-electron chi connectivity index (χ1n) is 8.52. The maximum absolute atomic E-state index is 12.8. The number of rotatable bonds is 4. The van der Waals surface area contributed by atoms with Gasteiger partial charge >= 0.3 is 0 Å². The second-order valence-electron chi connectivity index (χ2n) is 5.96. The number of hydrogen-bond donors (Lipinski definition) is 0. The zero-order valence-corrected chi connectivity index (χ0v) is 14.5. The summed E-state index contributed by atoms with van der Waals surface area (Å²) in [5.74, 6) is 0.608. The van der Waals surface area contributed by atoms with Gasteiger partial charge < -0.3 is 14.5 Å². The van der Waals surface area contributed by atoms with Crippen molar-refractivity contribution in [3.05, 3.63) is 60.2 Å². The van der Waals surface area contributed by atoms with Gasteiger partial charge in [0.15, 0.2) is 0 Å². The van der Waals surface area contributed by atoms with E-state index in [-0.39, 0.29) is 11.8 Å². The second kappa shape index (κ2) is 7.38. The third kappa shape index (κ3) is 3.50. The van der Waals surface area contributed by atoms with Crippen molar-refractivity contribution in [3.63, 3.8) is 0 Å². The molecule has 0 aromatic heterocycles. The maximum atomic E-state index is 12.8. The van der Waals surface area contributed by atoms with E-state index in [9.17, 15) is 9.59 Å². The van der Waals surface area contributed by atoms with E-state index >= 15 is 0 Å². The Morgan fingerprint density at radius 1 is 1.08 bits per heavy atom. The van der Waals surface area contributed by atoms with E-state index in [1.807, 2.05) is 49.4 Å². The number of amides is 2. The van der Waals surface area contributed by atoms with Crippen molar-refractivity contribution in [2.75, 3.05) is 24.6 Å². The Balaban J connectivity index is 1.74. The van der Waals surface area contributed by atoms with Gasteiger partial charge in [-0.2, -0.15) is 0 Å². The van der Waals surface area contributed by atoms with E-state index in [2.05, 4.69) is 0 Å². The number of anilines is 1. The average Bonchev–Trinajstić information content (AvgIpc) is 2.65. The van der Waals surface area contributed by atoms with E-state index in [1.54, 1.807) is 28.9 Å². The van der Waals surface area contributed by atoms with Gasteiger partial charge in [-0.3, -0.25) is 9.59 Å². The molecule has 0 spiro atoms. The van der Waals surface area contributed by atoms with Crippen LogP contribution in [0, 0.1) is 0 Å². The first-order valence-corrected chi connectivity index (χ1v) is 8.52. The van der Waals surface area contributed by atoms with Crippen LogP contribution in [0.25, 0.3) is 0 Å². The molecule has 0 radical (unpaired) electrons. The van der Waals surface area contributed by atoms with Crippen molar-refractivity contribution in [2.24, 2.45) is 0 Å². The lowest BCUT2D eigenvalue weighted by atomic mass is 10.1. The van der Waals surface area contributed by atoms with Crippen LogP contribution in [-0.2, 0) is 4.79 Å². The molecule has 1 heterocycles. The van der Waals surface area contributed by atoms with Crippen LogP contribution in [-0.4, -0.2) is 42.5 Å². The fraction of sp³-hybridized carbons (Fsp3) is 0.300. The Bertz CT molecular complexity index is 743. The number of hydrogen-bond acceptors (Lipinski definition) is 3. The van der Waals surface area contributed by atoms with Crippen LogP contribution in [0.15, 0.2) is 54.6 Å². The van der Waals surface area contributed by atoms with Gasteiger partial charge in [0.2, 0.25) is 5.91 Å². The molecule has 1 fully saturated rings. The standard InChI is InChI=1S/C20H22N2O3/c1-3-25-18-11-9-17(10-12-18)22-14-13-21(15(2)19(22)23)20(24)16-7-5-4-6-8-16/h4-12,15H,3,13-14H2,1-2H3/t15-/m1/s1. The summed E-state index contributed by atoms with van der Waals surface area (Å²) in [7, 11) is 0. The van der Waals surface area contributed by atoms with E-state index in [4.69, 9.17) is 4.74 Å². The average molecular weight is 338 g/mol. The smallest absolute Gasteiger partial charge is 0.254 e. The number of ether oxygens (including phenoxy) is 1. The van der Waals surface area contributed by atoms with E-state index < -0.39 is 6.04 Å². The monoisotopic (exact) mass is 338 g/mol. The number of carbonyl (C=O) groups is 2. The Kier molecular flexibility index (Phi) is 5.03. The predicted molar refractivity (Wildman–Crippen MR) is 96.9 cm³/mol. The molecule has 0 bridgehead atoms. The Labute approximate surface area is 147 Å². The lowest BCUT2D eigenvalue weighted by Gasteiger charge is -2.39. The summed E-state index contributed by atoms with van der Waals surface area (Å²) >= 11 is 0. The largest absolute Gasteiger partial charge is 0.494 e. The minimum absolute atomic E-state index is 0.0697. The highest BCUT2D eigenvalue weighted by Gasteiger charge is 2.35. The van der Waals surface area contributed by atoms with Gasteiger partial charge in [0, 0.05) is 24.3 Å². The number of nitrogens with zero attached hydrogens (tertiary/aromatic N) is 2. The third-order valence-corrected chi connectivity index (χ3v) is 4.40. The van der Waals surface area contributed by atoms with Crippen LogP contribution in [0.4, 0.5) is 5.69 Å². The topological polar surface area (TPSA) is 49.9 Å². The van der Waals surface area contributed by atoms with Gasteiger partial charge in [-0.15, -0.1) is 0 Å². The van der Waals surface area contributed by atoms with Gasteiger partial charge in [-0.25, -0.2) is 0 Å². The molecule has 1 saturated heterocycles. The molecule has 5 heteroatoms. The van der Waals surface area contributed by atoms with Crippen LogP contribution >= 0.6 is 0 Å². The number of carbonyl (C=O) groups excluding carboxylic acids is 2. The van der Waals surface area contributed by atoms with Crippen molar-refractivity contribution >= 4 is 17.5 Å². The molecule has 5 nitrogen and oxygen atoms in total. The van der Waals surface area contributed by atoms with E-state index in [0.29, 0.717) is 25.3 Å². The van der Waals surface area contributed by atoms with Crippen LogP contribution in [0.2, 0.25) is 0 Å². The number of piperazine rings is 1. The molecule has 0 N–H and O–H groups in total. The molecule has 25 heavy (non-hydrogen) atoms. The highest BCUT2D eigenvalue weighted by molar-refractivity contribution is 6.03. The summed E-state index contributed by atoms with van der Waals surface area (Å²) in [5.41, 5.74) is 1.43. The normalized spacial score (nSPS) is 17.5. The van der Waals surface area contributed by atoms with Gasteiger partial charge in [-0.05, 0) is 50.2 Å². The summed E-state index contributed by atoms with van der Waals surface area (Å²) in [5, 5.41) is 0. The zero-order valence-electron chi connectivity index (χ0n) is 14.5. The predicted octanol–water partition coefficient (Wildman–Crippen LogP) is 2.96. The molecular weight excluding hydrogens is 316 g/mol. The van der Waals surface area contributed by atoms with Gasteiger partial charge in [0.25, 0.3) is 5.91 Å². The molecule has 1 atom stereocenters. The van der Waals surface area contributed by atoms with Gasteiger partial charge in [0.1, 0.15) is 11.8 Å². The Hall–Kier alpha value is -2.82. The molecular formula is C20H22N2O3. The van der Waals surface area contributed by atoms with Crippen LogP contribution in [0.1, 0.15) is 24.2 Å². The highest BCUT2D eigenvalue weighted by atomic mass is 16.5. The van der Waals surface area contributed by atoms with Crippen molar-refractivity contribution in [2.45, 2.75) is 19.9 Å². The molecule has 1 aliphatic rings. The lowest BCUT2D eigenvalue weighted by molar-refractivity contribution is -0.124. The van der Waals surface area contributed by atoms with Gasteiger partial charge in [-0.1, -0.05) is 18.2 Å². The van der Waals surface area contributed by atoms with Crippen molar-refractivity contribution < 1.29 is 14.3 Å². The summed E-state index contributed by atoms with van der Waals surface area (Å²) < 4.78 is 5.44. The molecule has 2 amide bonds. The Morgan fingerprint density at radius 3 is 2.40 bits per heavy atom. The van der Waals surface area contributed by atoms with Crippen LogP contribution < -0.4 is 9.64 Å². The first-order chi connectivity index (χ1) is 12.1. The molecule has 2 aromatic carbocycles. The Morgan fingerprint density at radius 2 is 1.76 bits per heavy atom. The summed E-state index contributed by atoms with van der Waals surface area (Å²) in [6.07, 6.45) is 0. The van der Waals surface area contributed by atoms with Crippen LogP contribution in [0.5, 0.6) is 5.75 Å². The zero-order chi connectivity index (χ0) is 17.8. The maximum Gasteiger partial charge on any atom is 0.254 e. The quantitative estimate of drug-likeness (QED) is 0.861. The molecule has 130 valence electrons. The lowest BCUT2D eigenvalue weighted by Crippen LogP contribution is -2.57. The summed E-state index contributed by atoms with van der Waals surface area (Å²) in [4.78, 5) is 28.8. The SMILES string of the molecule is CCOc1ccc(N2CCN(C(=O)c3ccccc3)[C@H](C)C2=O)cc1. The fourth-order valence-corrected chi connectivity index (χ4v) is 3.04. The van der Waals surface area contributed by atoms with Gasteiger partial charge in [0.05, 0.1) is 6.61 Å². The van der Waals surface area contributed by atoms with Crippen molar-refractivity contribution in [1.82, 2.24) is 4.90 Å². The molecule has 0 saturated carbocycles. The number of benzene rings is 2. The molecule has 2 aromatic rings. The first kappa shape index (κ1) is 17.0. The van der Waals surface area contributed by atoms with E-state index in [1.165, 1.54) is 0 Å². The minimum atomic E-state index is -0.493. The second-order valence-corrected chi connectivity index (χ2v) is 5.96. The molecule has 0 aliphatic carbocycles. The molecule has 1 aliphatic heterocycles. The summed E-state index contributed by atoms with van der Waals surface area (Å²) in [6.45, 7) is 5.31. The highest BCUT2D eigenvalue weighted by Crippen LogP contribution is 2.24.